The molecule has 2 aromatic heterocycles. The number of halogens is 1. The fourth-order valence-corrected chi connectivity index (χ4v) is 3.70. The van der Waals surface area contributed by atoms with Crippen LogP contribution in [0.2, 0.25) is 5.02 Å². The van der Waals surface area contributed by atoms with E-state index in [2.05, 4.69) is 21.4 Å². The predicted octanol–water partition coefficient (Wildman–Crippen LogP) is 3.28. The summed E-state index contributed by atoms with van der Waals surface area (Å²) in [6, 6.07) is 11.3. The summed E-state index contributed by atoms with van der Waals surface area (Å²) in [6.07, 6.45) is 1.74. The van der Waals surface area contributed by atoms with Crippen molar-refractivity contribution in [1.82, 2.24) is 20.0 Å². The molecule has 0 aliphatic rings. The van der Waals surface area contributed by atoms with E-state index in [1.54, 1.807) is 23.0 Å². The molecule has 4 rings (SSSR count). The molecule has 8 heteroatoms. The summed E-state index contributed by atoms with van der Waals surface area (Å²) < 4.78 is 1.73. The number of benzene rings is 2. The lowest BCUT2D eigenvalue weighted by molar-refractivity contribution is 0.775. The molecule has 0 amide bonds. The maximum Gasteiger partial charge on any atom is 0.272 e. The molecule has 0 fully saturated rings. The molecule has 0 aliphatic heterocycles. The first-order valence-electron chi connectivity index (χ1n) is 8.89. The number of aromatic nitrogens is 4. The monoisotopic (exact) mass is 404 g/mol. The Morgan fingerprint density at radius 1 is 1.24 bits per heavy atom. The molecule has 7 nitrogen and oxygen atoms in total. The van der Waals surface area contributed by atoms with Gasteiger partial charge < -0.3 is 5.73 Å². The van der Waals surface area contributed by atoms with Crippen molar-refractivity contribution in [2.24, 2.45) is 12.8 Å². The summed E-state index contributed by atoms with van der Waals surface area (Å²) >= 11 is 6.21. The number of nitrogens with one attached hydrogen (secondary N) is 1. The molecular formula is C21H17ClN6O. The van der Waals surface area contributed by atoms with E-state index in [0.29, 0.717) is 27.1 Å². The van der Waals surface area contributed by atoms with E-state index in [0.717, 1.165) is 27.9 Å². The fourth-order valence-electron chi connectivity index (χ4n) is 3.54. The van der Waals surface area contributed by atoms with Gasteiger partial charge in [0.15, 0.2) is 0 Å². The molecule has 0 saturated heterocycles. The highest BCUT2D eigenvalue weighted by molar-refractivity contribution is 6.31. The number of rotatable bonds is 3. The van der Waals surface area contributed by atoms with E-state index in [1.165, 1.54) is 0 Å². The minimum Gasteiger partial charge on any atom is -0.325 e. The molecule has 0 bridgehead atoms. The summed E-state index contributed by atoms with van der Waals surface area (Å²) in [5.74, 6) is 0. The first kappa shape index (κ1) is 18.9. The molecule has 2 heterocycles. The highest BCUT2D eigenvalue weighted by Gasteiger charge is 2.19. The summed E-state index contributed by atoms with van der Waals surface area (Å²) in [5.41, 5.74) is 10.6. The predicted molar refractivity (Wildman–Crippen MR) is 112 cm³/mol. The van der Waals surface area contributed by atoms with Crippen LogP contribution < -0.4 is 11.3 Å². The molecule has 4 aromatic rings. The number of hydrogen-bond acceptors (Lipinski definition) is 5. The Labute approximate surface area is 171 Å². The van der Waals surface area contributed by atoms with Crippen LogP contribution in [0.1, 0.15) is 16.8 Å². The zero-order valence-corrected chi connectivity index (χ0v) is 16.6. The average Bonchev–Trinajstić information content (AvgIpc) is 3.11. The van der Waals surface area contributed by atoms with Crippen LogP contribution in [0.15, 0.2) is 41.3 Å². The Balaban J connectivity index is 2.00. The lowest BCUT2D eigenvalue weighted by Gasteiger charge is -2.12. The van der Waals surface area contributed by atoms with E-state index >= 15 is 0 Å². The Morgan fingerprint density at radius 2 is 2.03 bits per heavy atom. The van der Waals surface area contributed by atoms with Crippen molar-refractivity contribution in [1.29, 1.82) is 5.26 Å². The third-order valence-electron chi connectivity index (χ3n) is 5.08. The molecule has 0 saturated carbocycles. The van der Waals surface area contributed by atoms with Gasteiger partial charge in [-0.1, -0.05) is 17.7 Å². The second-order valence-corrected chi connectivity index (χ2v) is 7.11. The number of H-pyrrole nitrogens is 1. The maximum atomic E-state index is 12.1. The van der Waals surface area contributed by atoms with Gasteiger partial charge in [0.05, 0.1) is 28.5 Å². The van der Waals surface area contributed by atoms with E-state index in [1.807, 2.05) is 32.2 Å². The van der Waals surface area contributed by atoms with Gasteiger partial charge in [-0.05, 0) is 42.3 Å². The highest BCUT2D eigenvalue weighted by Crippen LogP contribution is 2.37. The second-order valence-electron chi connectivity index (χ2n) is 6.70. The van der Waals surface area contributed by atoms with Gasteiger partial charge in [-0.3, -0.25) is 9.48 Å². The quantitative estimate of drug-likeness (QED) is 0.544. The lowest BCUT2D eigenvalue weighted by Crippen LogP contribution is -2.13. The van der Waals surface area contributed by atoms with Crippen LogP contribution in [0.5, 0.6) is 0 Å². The van der Waals surface area contributed by atoms with Gasteiger partial charge in [0, 0.05) is 35.1 Å². The maximum absolute atomic E-state index is 12.1. The van der Waals surface area contributed by atoms with Crippen molar-refractivity contribution in [3.05, 3.63) is 68.7 Å². The first-order chi connectivity index (χ1) is 14.0. The third kappa shape index (κ3) is 2.99. The molecule has 3 N–H and O–H groups in total. The molecule has 0 atom stereocenters. The summed E-state index contributed by atoms with van der Waals surface area (Å²) in [6.45, 7) is 2.02. The number of nitrogens with zero attached hydrogens (tertiary/aromatic N) is 4. The van der Waals surface area contributed by atoms with Gasteiger partial charge in [-0.25, -0.2) is 5.10 Å². The van der Waals surface area contributed by atoms with Crippen LogP contribution >= 0.6 is 11.6 Å². The number of nitrogens with two attached hydrogens (primary N) is 1. The van der Waals surface area contributed by atoms with E-state index < -0.39 is 0 Å². The van der Waals surface area contributed by atoms with Crippen LogP contribution in [0.4, 0.5) is 0 Å². The van der Waals surface area contributed by atoms with Gasteiger partial charge in [0.25, 0.3) is 5.56 Å². The van der Waals surface area contributed by atoms with Crippen molar-refractivity contribution in [2.45, 2.75) is 13.5 Å². The minimum atomic E-state index is -0.268. The van der Waals surface area contributed by atoms with Crippen LogP contribution in [0, 0.1) is 18.3 Å². The molecular weight excluding hydrogens is 388 g/mol. The van der Waals surface area contributed by atoms with E-state index in [9.17, 15) is 10.1 Å². The highest BCUT2D eigenvalue weighted by atomic mass is 35.5. The zero-order valence-electron chi connectivity index (χ0n) is 15.8. The van der Waals surface area contributed by atoms with Crippen molar-refractivity contribution in [2.75, 3.05) is 0 Å². The van der Waals surface area contributed by atoms with Crippen LogP contribution in [0.25, 0.3) is 33.2 Å². The average molecular weight is 405 g/mol. The fraction of sp³-hybridized carbons (Fsp3) is 0.143. The van der Waals surface area contributed by atoms with Crippen molar-refractivity contribution < 1.29 is 0 Å². The van der Waals surface area contributed by atoms with Crippen LogP contribution in [0.3, 0.4) is 0 Å². The molecule has 2 aromatic carbocycles. The topological polar surface area (TPSA) is 113 Å². The van der Waals surface area contributed by atoms with Crippen molar-refractivity contribution >= 4 is 22.4 Å². The smallest absolute Gasteiger partial charge is 0.272 e. The molecule has 0 aliphatic carbocycles. The number of fused-ring (bicyclic) bond motifs is 1. The second kappa shape index (κ2) is 7.17. The van der Waals surface area contributed by atoms with Gasteiger partial charge in [-0.15, -0.1) is 0 Å². The molecule has 144 valence electrons. The number of nitriles is 1. The van der Waals surface area contributed by atoms with Gasteiger partial charge in [0.2, 0.25) is 0 Å². The third-order valence-corrected chi connectivity index (χ3v) is 5.49. The molecule has 0 spiro atoms. The van der Waals surface area contributed by atoms with Crippen LogP contribution in [-0.4, -0.2) is 20.0 Å². The van der Waals surface area contributed by atoms with Crippen molar-refractivity contribution in [3.8, 4) is 28.5 Å². The number of aryl methyl sites for hydroxylation is 1. The SMILES string of the molecule is Cc1c(Cl)ccc(-c2c(-c3ccc4c(=O)[nH]nc(CN)c4c3)cnn2C)c1C#N. The zero-order chi connectivity index (χ0) is 20.7. The molecule has 29 heavy (non-hydrogen) atoms. The number of aromatic amines is 1. The van der Waals surface area contributed by atoms with Crippen LogP contribution in [-0.2, 0) is 13.6 Å². The summed E-state index contributed by atoms with van der Waals surface area (Å²) in [4.78, 5) is 12.1. The Morgan fingerprint density at radius 3 is 2.76 bits per heavy atom. The molecule has 0 unspecified atom stereocenters. The summed E-state index contributed by atoms with van der Waals surface area (Å²) in [5, 5.41) is 22.4. The molecule has 0 radical (unpaired) electrons. The number of hydrogen-bond donors (Lipinski definition) is 2. The van der Waals surface area contributed by atoms with Crippen molar-refractivity contribution in [3.63, 3.8) is 0 Å². The van der Waals surface area contributed by atoms with Gasteiger partial charge in [0.1, 0.15) is 6.07 Å². The normalized spacial score (nSPS) is 11.0. The van der Waals surface area contributed by atoms with Gasteiger partial charge >= 0.3 is 0 Å². The summed E-state index contributed by atoms with van der Waals surface area (Å²) in [7, 11) is 1.82. The lowest BCUT2D eigenvalue weighted by atomic mass is 9.94. The van der Waals surface area contributed by atoms with Gasteiger partial charge in [-0.2, -0.15) is 15.5 Å². The Bertz CT molecular complexity index is 1360. The largest absolute Gasteiger partial charge is 0.325 e. The standard InChI is InChI=1S/C21H17ClN6O/c1-11-16(8-23)13(5-6-18(11)22)20-17(10-25-28(20)2)12-3-4-14-15(7-12)19(9-24)26-27-21(14)29/h3-7,10H,9,24H2,1-2H3,(H,27,29). The Kier molecular flexibility index (Phi) is 4.66. The Hall–Kier alpha value is -3.47. The minimum absolute atomic E-state index is 0.200. The van der Waals surface area contributed by atoms with E-state index in [-0.39, 0.29) is 12.1 Å². The van der Waals surface area contributed by atoms with E-state index in [4.69, 9.17) is 17.3 Å². The first-order valence-corrected chi connectivity index (χ1v) is 9.27.